The van der Waals surface area contributed by atoms with Crippen LogP contribution in [0.4, 0.5) is 4.79 Å². The molecule has 1 aromatic carbocycles. The molecular formula is C23H35N3O7. The molecule has 0 fully saturated rings. The molecule has 184 valence electrons. The molecule has 1 rings (SSSR count). The Morgan fingerprint density at radius 1 is 1.12 bits per heavy atom. The topological polar surface area (TPSA) is 134 Å². The molecule has 0 radical (unpaired) electrons. The van der Waals surface area contributed by atoms with Gasteiger partial charge in [0.05, 0.1) is 7.11 Å². The van der Waals surface area contributed by atoms with Crippen LogP contribution < -0.4 is 10.6 Å². The van der Waals surface area contributed by atoms with Gasteiger partial charge in [0, 0.05) is 7.05 Å². The van der Waals surface area contributed by atoms with Crippen molar-refractivity contribution in [2.45, 2.75) is 58.7 Å². The highest BCUT2D eigenvalue weighted by atomic mass is 16.6. The van der Waals surface area contributed by atoms with Crippen LogP contribution in [0.1, 0.15) is 52.6 Å². The molecule has 3 atom stereocenters. The first kappa shape index (κ1) is 27.7. The number of phenolic OH excluding ortho intramolecular Hbond substituents is 1. The number of likely N-dealkylation sites (N-methyl/N-ethyl adjacent to an activating group) is 1. The third-order valence-corrected chi connectivity index (χ3v) is 4.98. The second kappa shape index (κ2) is 12.1. The van der Waals surface area contributed by atoms with Crippen LogP contribution in [0.25, 0.3) is 0 Å². The minimum absolute atomic E-state index is 0.00878. The molecule has 3 unspecified atom stereocenters. The van der Waals surface area contributed by atoms with Crippen molar-refractivity contribution in [2.24, 2.45) is 5.92 Å². The Morgan fingerprint density at radius 2 is 1.70 bits per heavy atom. The van der Waals surface area contributed by atoms with Crippen molar-refractivity contribution in [3.63, 3.8) is 0 Å². The highest BCUT2D eigenvalue weighted by molar-refractivity contribution is 5.93. The highest BCUT2D eigenvalue weighted by Crippen LogP contribution is 2.24. The third kappa shape index (κ3) is 8.63. The van der Waals surface area contributed by atoms with E-state index in [4.69, 9.17) is 4.74 Å². The number of esters is 1. The number of alkyl carbamates (subject to hydrolysis) is 1. The van der Waals surface area contributed by atoms with E-state index in [-0.39, 0.29) is 18.2 Å². The van der Waals surface area contributed by atoms with Gasteiger partial charge in [0.1, 0.15) is 30.0 Å². The zero-order chi connectivity index (χ0) is 25.3. The lowest BCUT2D eigenvalue weighted by Crippen LogP contribution is -2.54. The standard InChI is InChI=1S/C23H35N3O7/c1-8-14(2)18(25-22(31)33-23(3,4)5)21(30)26(6)19(15-9-11-16(27)12-10-15)20(29)24-13-17(28)32-7/h9-12,14,18-19,27H,8,13H2,1-7H3,(H,24,29)(H,25,31). The van der Waals surface area contributed by atoms with Crippen LogP contribution in [0.3, 0.4) is 0 Å². The average molecular weight is 466 g/mol. The van der Waals surface area contributed by atoms with Crippen molar-refractivity contribution in [2.75, 3.05) is 20.7 Å². The van der Waals surface area contributed by atoms with E-state index >= 15 is 0 Å². The van der Waals surface area contributed by atoms with Crippen molar-refractivity contribution in [1.29, 1.82) is 0 Å². The predicted octanol–water partition coefficient (Wildman–Crippen LogP) is 2.12. The summed E-state index contributed by atoms with van der Waals surface area (Å²) in [4.78, 5) is 51.5. The number of methoxy groups -OCH3 is 1. The van der Waals surface area contributed by atoms with Crippen molar-refractivity contribution in [1.82, 2.24) is 15.5 Å². The van der Waals surface area contributed by atoms with Crippen LogP contribution >= 0.6 is 0 Å². The number of rotatable bonds is 9. The van der Waals surface area contributed by atoms with Crippen LogP contribution in [0.15, 0.2) is 24.3 Å². The van der Waals surface area contributed by atoms with Gasteiger partial charge < -0.3 is 30.1 Å². The molecule has 0 spiro atoms. The van der Waals surface area contributed by atoms with Crippen LogP contribution in [-0.4, -0.2) is 66.2 Å². The van der Waals surface area contributed by atoms with Gasteiger partial charge in [-0.2, -0.15) is 0 Å². The molecule has 10 heteroatoms. The summed E-state index contributed by atoms with van der Waals surface area (Å²) in [5.74, 6) is -2.05. The maximum atomic E-state index is 13.5. The summed E-state index contributed by atoms with van der Waals surface area (Å²) < 4.78 is 9.85. The number of carbonyl (C=O) groups is 4. The predicted molar refractivity (Wildman–Crippen MR) is 121 cm³/mol. The fourth-order valence-corrected chi connectivity index (χ4v) is 3.00. The summed E-state index contributed by atoms with van der Waals surface area (Å²) in [6.45, 7) is 8.45. The number of hydrogen-bond donors (Lipinski definition) is 3. The Morgan fingerprint density at radius 3 is 2.18 bits per heavy atom. The maximum Gasteiger partial charge on any atom is 0.408 e. The summed E-state index contributed by atoms with van der Waals surface area (Å²) in [5.41, 5.74) is -0.340. The normalized spacial score (nSPS) is 13.8. The minimum atomic E-state index is -1.13. The van der Waals surface area contributed by atoms with E-state index in [9.17, 15) is 24.3 Å². The van der Waals surface area contributed by atoms with Gasteiger partial charge >= 0.3 is 12.1 Å². The van der Waals surface area contributed by atoms with Crippen molar-refractivity contribution >= 4 is 23.9 Å². The van der Waals surface area contributed by atoms with E-state index < -0.39 is 41.6 Å². The second-order valence-corrected chi connectivity index (χ2v) is 8.75. The zero-order valence-corrected chi connectivity index (χ0v) is 20.3. The summed E-state index contributed by atoms with van der Waals surface area (Å²) in [6, 6.07) is 3.69. The van der Waals surface area contributed by atoms with Crippen LogP contribution in [0.5, 0.6) is 5.75 Å². The number of amides is 3. The number of benzene rings is 1. The molecule has 3 N–H and O–H groups in total. The fraction of sp³-hybridized carbons (Fsp3) is 0.565. The smallest absolute Gasteiger partial charge is 0.408 e. The number of carbonyl (C=O) groups excluding carboxylic acids is 4. The molecule has 10 nitrogen and oxygen atoms in total. The van der Waals surface area contributed by atoms with Crippen molar-refractivity contribution < 1.29 is 33.8 Å². The van der Waals surface area contributed by atoms with E-state index in [1.54, 1.807) is 27.7 Å². The molecule has 33 heavy (non-hydrogen) atoms. The van der Waals surface area contributed by atoms with Gasteiger partial charge in [-0.25, -0.2) is 4.79 Å². The monoisotopic (exact) mass is 465 g/mol. The number of ether oxygens (including phenoxy) is 2. The van der Waals surface area contributed by atoms with Crippen LogP contribution in [0.2, 0.25) is 0 Å². The fourth-order valence-electron chi connectivity index (χ4n) is 3.00. The molecule has 0 saturated carbocycles. The summed E-state index contributed by atoms with van der Waals surface area (Å²) >= 11 is 0. The minimum Gasteiger partial charge on any atom is -0.508 e. The van der Waals surface area contributed by atoms with Gasteiger partial charge in [-0.05, 0) is 44.4 Å². The Bertz CT molecular complexity index is 833. The molecule has 0 saturated heterocycles. The first-order chi connectivity index (χ1) is 15.3. The zero-order valence-electron chi connectivity index (χ0n) is 20.3. The number of nitrogens with zero attached hydrogens (tertiary/aromatic N) is 1. The number of aromatic hydroxyl groups is 1. The van der Waals surface area contributed by atoms with Crippen LogP contribution in [-0.2, 0) is 23.9 Å². The van der Waals surface area contributed by atoms with Gasteiger partial charge in [0.2, 0.25) is 11.8 Å². The highest BCUT2D eigenvalue weighted by Gasteiger charge is 2.36. The Labute approximate surface area is 194 Å². The van der Waals surface area contributed by atoms with Gasteiger partial charge in [-0.15, -0.1) is 0 Å². The molecule has 0 bridgehead atoms. The molecule has 0 aliphatic heterocycles. The van der Waals surface area contributed by atoms with Gasteiger partial charge in [0.15, 0.2) is 0 Å². The van der Waals surface area contributed by atoms with Gasteiger partial charge in [-0.3, -0.25) is 14.4 Å². The number of hydrogen-bond acceptors (Lipinski definition) is 7. The molecule has 0 aromatic heterocycles. The summed E-state index contributed by atoms with van der Waals surface area (Å²) in [7, 11) is 2.63. The number of phenols is 1. The second-order valence-electron chi connectivity index (χ2n) is 8.75. The summed E-state index contributed by atoms with van der Waals surface area (Å²) in [5, 5.41) is 14.7. The van der Waals surface area contributed by atoms with E-state index in [2.05, 4.69) is 15.4 Å². The number of nitrogens with one attached hydrogen (secondary N) is 2. The van der Waals surface area contributed by atoms with E-state index in [1.165, 1.54) is 43.3 Å². The molecule has 1 aromatic rings. The maximum absolute atomic E-state index is 13.5. The van der Waals surface area contributed by atoms with Crippen molar-refractivity contribution in [3.05, 3.63) is 29.8 Å². The lowest BCUT2D eigenvalue weighted by Gasteiger charge is -2.33. The van der Waals surface area contributed by atoms with Gasteiger partial charge in [-0.1, -0.05) is 32.4 Å². The quantitative estimate of drug-likeness (QED) is 0.476. The Hall–Kier alpha value is -3.30. The molecule has 0 aliphatic carbocycles. The van der Waals surface area contributed by atoms with Crippen molar-refractivity contribution in [3.8, 4) is 5.75 Å². The average Bonchev–Trinajstić information content (AvgIpc) is 2.74. The van der Waals surface area contributed by atoms with Crippen LogP contribution in [0, 0.1) is 5.92 Å². The largest absolute Gasteiger partial charge is 0.508 e. The molecule has 3 amide bonds. The lowest BCUT2D eigenvalue weighted by molar-refractivity contribution is -0.144. The first-order valence-electron chi connectivity index (χ1n) is 10.7. The first-order valence-corrected chi connectivity index (χ1v) is 10.7. The molecular weight excluding hydrogens is 430 g/mol. The molecule has 0 aliphatic rings. The third-order valence-electron chi connectivity index (χ3n) is 4.98. The van der Waals surface area contributed by atoms with Gasteiger partial charge in [0.25, 0.3) is 0 Å². The Balaban J connectivity index is 3.24. The lowest BCUT2D eigenvalue weighted by atomic mass is 9.96. The Kier molecular flexibility index (Phi) is 10.2. The van der Waals surface area contributed by atoms with E-state index in [0.29, 0.717) is 12.0 Å². The molecule has 0 heterocycles. The van der Waals surface area contributed by atoms with E-state index in [0.717, 1.165) is 0 Å². The van der Waals surface area contributed by atoms with E-state index in [1.807, 2.05) is 6.92 Å². The summed E-state index contributed by atoms with van der Waals surface area (Å²) in [6.07, 6.45) is -0.163. The SMILES string of the molecule is CCC(C)C(NC(=O)OC(C)(C)C)C(=O)N(C)C(C(=O)NCC(=O)OC)c1ccc(O)cc1.